The van der Waals surface area contributed by atoms with E-state index in [0.29, 0.717) is 0 Å². The molecule has 1 N–H and O–H groups in total. The molecule has 0 radical (unpaired) electrons. The van der Waals surface area contributed by atoms with E-state index in [9.17, 15) is 5.11 Å². The zero-order valence-corrected chi connectivity index (χ0v) is 19.2. The van der Waals surface area contributed by atoms with Crippen molar-refractivity contribution in [3.05, 3.63) is 108 Å². The summed E-state index contributed by atoms with van der Waals surface area (Å²) in [5.41, 5.74) is 1.20. The van der Waals surface area contributed by atoms with E-state index in [1.807, 2.05) is 75.4 Å². The van der Waals surface area contributed by atoms with Crippen LogP contribution in [0.15, 0.2) is 91.0 Å². The van der Waals surface area contributed by atoms with E-state index in [2.05, 4.69) is 36.4 Å². The van der Waals surface area contributed by atoms with Gasteiger partial charge in [-0.05, 0) is 37.5 Å². The Kier molecular flexibility index (Phi) is 5.63. The first-order chi connectivity index (χ1) is 15.9. The molecular weight excluding hydrogens is 416 g/mol. The first-order valence-electron chi connectivity index (χ1n) is 11.4. The fourth-order valence-electron chi connectivity index (χ4n) is 5.14. The van der Waals surface area contributed by atoms with Gasteiger partial charge in [-0.25, -0.2) is 0 Å². The van der Waals surface area contributed by atoms with Gasteiger partial charge in [0.1, 0.15) is 23.4 Å². The maximum atomic E-state index is 10.7. The van der Waals surface area contributed by atoms with Crippen LogP contribution in [0.5, 0.6) is 0 Å². The lowest BCUT2D eigenvalue weighted by molar-refractivity contribution is -0.247. The van der Waals surface area contributed by atoms with Crippen molar-refractivity contribution < 1.29 is 24.1 Å². The topological polar surface area (TPSA) is 57.2 Å². The molecule has 33 heavy (non-hydrogen) atoms. The second kappa shape index (κ2) is 8.35. The van der Waals surface area contributed by atoms with E-state index in [4.69, 9.17) is 18.9 Å². The molecule has 0 saturated carbocycles. The molecule has 3 aromatic rings. The predicted molar refractivity (Wildman–Crippen MR) is 124 cm³/mol. The molecule has 0 bridgehead atoms. The Morgan fingerprint density at radius 2 is 1.24 bits per heavy atom. The minimum absolute atomic E-state index is 0.204. The normalized spacial score (nSPS) is 28.5. The maximum Gasteiger partial charge on any atom is 0.187 e. The summed E-state index contributed by atoms with van der Waals surface area (Å²) in [5.74, 6) is -0.808. The lowest BCUT2D eigenvalue weighted by Crippen LogP contribution is -2.44. The standard InChI is InChI=1S/C28H30O5/c1-26(2)32-24-23(31-25(29)27(24,3)33-26)19-30-28(20-13-7-4-8-14-20,21-15-9-5-10-16-21)22-17-11-6-12-18-22/h4-18,23-25,29H,19H2,1-3H3/t23?,24-,25?,27-/m1/s1. The van der Waals surface area contributed by atoms with Gasteiger partial charge in [0.25, 0.3) is 0 Å². The number of aliphatic hydroxyl groups is 1. The number of benzene rings is 3. The van der Waals surface area contributed by atoms with Crippen molar-refractivity contribution in [3.63, 3.8) is 0 Å². The molecular formula is C28H30O5. The van der Waals surface area contributed by atoms with Crippen LogP contribution in [-0.4, -0.2) is 41.6 Å². The quantitative estimate of drug-likeness (QED) is 0.560. The van der Waals surface area contributed by atoms with Gasteiger partial charge in [0.05, 0.1) is 6.61 Å². The second-order valence-corrected chi connectivity index (χ2v) is 9.34. The highest BCUT2D eigenvalue weighted by Gasteiger charge is 2.63. The summed E-state index contributed by atoms with van der Waals surface area (Å²) in [6, 6.07) is 30.5. The molecule has 2 aliphatic rings. The van der Waals surface area contributed by atoms with Crippen molar-refractivity contribution in [1.29, 1.82) is 0 Å². The van der Waals surface area contributed by atoms with Crippen LogP contribution >= 0.6 is 0 Å². The number of hydrogen-bond acceptors (Lipinski definition) is 5. The largest absolute Gasteiger partial charge is 0.366 e. The zero-order chi connectivity index (χ0) is 23.1. The average Bonchev–Trinajstić information content (AvgIpc) is 3.22. The van der Waals surface area contributed by atoms with E-state index in [0.717, 1.165) is 16.7 Å². The summed E-state index contributed by atoms with van der Waals surface area (Å²) < 4.78 is 25.0. The highest BCUT2D eigenvalue weighted by molar-refractivity contribution is 5.47. The van der Waals surface area contributed by atoms with Crippen molar-refractivity contribution in [1.82, 2.24) is 0 Å². The molecule has 2 saturated heterocycles. The zero-order valence-electron chi connectivity index (χ0n) is 19.2. The highest BCUT2D eigenvalue weighted by atomic mass is 16.8. The molecule has 4 atom stereocenters. The van der Waals surface area contributed by atoms with Gasteiger partial charge in [-0.1, -0.05) is 91.0 Å². The molecule has 0 amide bonds. The van der Waals surface area contributed by atoms with E-state index in [1.165, 1.54) is 0 Å². The van der Waals surface area contributed by atoms with Crippen LogP contribution in [0.25, 0.3) is 0 Å². The number of fused-ring (bicyclic) bond motifs is 1. The van der Waals surface area contributed by atoms with Crippen LogP contribution < -0.4 is 0 Å². The molecule has 2 fully saturated rings. The van der Waals surface area contributed by atoms with Gasteiger partial charge < -0.3 is 24.1 Å². The molecule has 2 heterocycles. The fourth-order valence-corrected chi connectivity index (χ4v) is 5.14. The molecule has 3 aromatic carbocycles. The van der Waals surface area contributed by atoms with Crippen LogP contribution in [0, 0.1) is 0 Å². The third kappa shape index (κ3) is 3.80. The average molecular weight is 447 g/mol. The summed E-state index contributed by atoms with van der Waals surface area (Å²) in [6.07, 6.45) is -2.05. The van der Waals surface area contributed by atoms with Crippen LogP contribution in [0.1, 0.15) is 37.5 Å². The van der Waals surface area contributed by atoms with Gasteiger partial charge >= 0.3 is 0 Å². The monoisotopic (exact) mass is 446 g/mol. The fraction of sp³-hybridized carbons (Fsp3) is 0.357. The smallest absolute Gasteiger partial charge is 0.187 e. The van der Waals surface area contributed by atoms with E-state index < -0.39 is 35.5 Å². The Morgan fingerprint density at radius 3 is 1.70 bits per heavy atom. The number of aliphatic hydroxyl groups excluding tert-OH is 1. The van der Waals surface area contributed by atoms with Crippen molar-refractivity contribution in [2.75, 3.05) is 6.61 Å². The second-order valence-electron chi connectivity index (χ2n) is 9.34. The highest BCUT2D eigenvalue weighted by Crippen LogP contribution is 2.47. The molecule has 0 aromatic heterocycles. The van der Waals surface area contributed by atoms with Gasteiger partial charge in [0.2, 0.25) is 0 Å². The Morgan fingerprint density at radius 1 is 0.788 bits per heavy atom. The SMILES string of the molecule is CC1(C)O[C@@H]2C(COC(c3ccccc3)(c3ccccc3)c3ccccc3)OC(O)[C@]2(C)O1. The minimum atomic E-state index is -1.10. The third-order valence-corrected chi connectivity index (χ3v) is 6.58. The van der Waals surface area contributed by atoms with E-state index in [-0.39, 0.29) is 6.61 Å². The molecule has 172 valence electrons. The summed E-state index contributed by atoms with van der Waals surface area (Å²) in [6.45, 7) is 5.73. The number of rotatable bonds is 6. The molecule has 2 aliphatic heterocycles. The first-order valence-corrected chi connectivity index (χ1v) is 11.4. The van der Waals surface area contributed by atoms with Crippen LogP contribution in [0.3, 0.4) is 0 Å². The summed E-state index contributed by atoms with van der Waals surface area (Å²) in [4.78, 5) is 0. The van der Waals surface area contributed by atoms with Crippen LogP contribution in [-0.2, 0) is 24.5 Å². The molecule has 2 unspecified atom stereocenters. The summed E-state index contributed by atoms with van der Waals surface area (Å²) in [5, 5.41) is 10.7. The van der Waals surface area contributed by atoms with Gasteiger partial charge in [-0.2, -0.15) is 0 Å². The van der Waals surface area contributed by atoms with Crippen molar-refractivity contribution in [3.8, 4) is 0 Å². The molecule has 5 nitrogen and oxygen atoms in total. The summed E-state index contributed by atoms with van der Waals surface area (Å²) in [7, 11) is 0. The molecule has 0 aliphatic carbocycles. The predicted octanol–water partition coefficient (Wildman–Crippen LogP) is 4.62. The first kappa shape index (κ1) is 22.3. The number of ether oxygens (including phenoxy) is 4. The molecule has 5 heteroatoms. The lowest BCUT2D eigenvalue weighted by Gasteiger charge is -2.37. The molecule has 5 rings (SSSR count). The van der Waals surface area contributed by atoms with Gasteiger partial charge in [-0.15, -0.1) is 0 Å². The van der Waals surface area contributed by atoms with Crippen molar-refractivity contribution in [2.45, 2.75) is 56.3 Å². The Labute approximate surface area is 194 Å². The van der Waals surface area contributed by atoms with E-state index in [1.54, 1.807) is 0 Å². The third-order valence-electron chi connectivity index (χ3n) is 6.58. The summed E-state index contributed by atoms with van der Waals surface area (Å²) >= 11 is 0. The van der Waals surface area contributed by atoms with Gasteiger partial charge in [-0.3, -0.25) is 0 Å². The number of hydrogen-bond donors (Lipinski definition) is 1. The van der Waals surface area contributed by atoms with Crippen LogP contribution in [0.2, 0.25) is 0 Å². The minimum Gasteiger partial charge on any atom is -0.366 e. The van der Waals surface area contributed by atoms with Gasteiger partial charge in [0.15, 0.2) is 12.1 Å². The van der Waals surface area contributed by atoms with E-state index >= 15 is 0 Å². The Balaban J connectivity index is 1.56. The van der Waals surface area contributed by atoms with Crippen LogP contribution in [0.4, 0.5) is 0 Å². The van der Waals surface area contributed by atoms with Gasteiger partial charge in [0, 0.05) is 0 Å². The Bertz CT molecular complexity index is 973. The van der Waals surface area contributed by atoms with Crippen molar-refractivity contribution >= 4 is 0 Å². The lowest BCUT2D eigenvalue weighted by atomic mass is 9.80. The molecule has 0 spiro atoms. The maximum absolute atomic E-state index is 10.7. The Hall–Kier alpha value is -2.54. The van der Waals surface area contributed by atoms with Crippen molar-refractivity contribution in [2.24, 2.45) is 0 Å².